The lowest BCUT2D eigenvalue weighted by Crippen LogP contribution is -2.32. The lowest BCUT2D eigenvalue weighted by molar-refractivity contribution is 0.336. The lowest BCUT2D eigenvalue weighted by atomic mass is 10.2. The number of sulfone groups is 1. The maximum absolute atomic E-state index is 11.9. The minimum atomic E-state index is -2.92. The van der Waals surface area contributed by atoms with Gasteiger partial charge in [-0.05, 0) is 38.8 Å². The molecule has 0 aliphatic carbocycles. The van der Waals surface area contributed by atoms with E-state index in [2.05, 4.69) is 5.32 Å². The van der Waals surface area contributed by atoms with E-state index in [1.54, 1.807) is 0 Å². The molecule has 0 radical (unpaired) electrons. The molecule has 5 nitrogen and oxygen atoms in total. The van der Waals surface area contributed by atoms with Crippen molar-refractivity contribution in [2.45, 2.75) is 38.0 Å². The molecule has 6 heteroatoms. The van der Waals surface area contributed by atoms with E-state index < -0.39 is 9.84 Å². The van der Waals surface area contributed by atoms with Gasteiger partial charge in [-0.3, -0.25) is 0 Å². The molecule has 1 aliphatic rings. The summed E-state index contributed by atoms with van der Waals surface area (Å²) in [5.41, 5.74) is 0.742. The van der Waals surface area contributed by atoms with Crippen LogP contribution in [0.2, 0.25) is 0 Å². The number of furan rings is 1. The van der Waals surface area contributed by atoms with Gasteiger partial charge in [0.25, 0.3) is 0 Å². The maximum atomic E-state index is 11.9. The van der Waals surface area contributed by atoms with E-state index in [0.29, 0.717) is 18.9 Å². The number of rotatable bonds is 6. The number of nitrogens with one attached hydrogen (secondary N) is 1. The number of hydrogen-bond acceptors (Lipinski definition) is 5. The van der Waals surface area contributed by atoms with E-state index in [1.807, 2.05) is 38.1 Å². The van der Waals surface area contributed by atoms with Crippen LogP contribution in [0.1, 0.15) is 38.5 Å². The van der Waals surface area contributed by atoms with E-state index in [9.17, 15) is 8.42 Å². The fourth-order valence-corrected chi connectivity index (χ4v) is 4.81. The van der Waals surface area contributed by atoms with Crippen molar-refractivity contribution >= 4 is 20.8 Å². The Labute approximate surface area is 136 Å². The second-order valence-electron chi connectivity index (χ2n) is 6.02. The molecule has 1 N–H and O–H groups in total. The average molecular weight is 337 g/mol. The molecule has 1 saturated heterocycles. The fourth-order valence-electron chi connectivity index (χ4n) is 3.04. The number of para-hydroxylation sites is 1. The van der Waals surface area contributed by atoms with Crippen molar-refractivity contribution in [2.24, 2.45) is 0 Å². The van der Waals surface area contributed by atoms with Gasteiger partial charge in [0.05, 0.1) is 23.7 Å². The van der Waals surface area contributed by atoms with E-state index in [4.69, 9.17) is 9.15 Å². The van der Waals surface area contributed by atoms with Gasteiger partial charge >= 0.3 is 0 Å². The van der Waals surface area contributed by atoms with Crippen molar-refractivity contribution in [1.29, 1.82) is 0 Å². The van der Waals surface area contributed by atoms with Crippen molar-refractivity contribution < 1.29 is 17.6 Å². The smallest absolute Gasteiger partial charge is 0.176 e. The molecule has 0 saturated carbocycles. The summed E-state index contributed by atoms with van der Waals surface area (Å²) in [4.78, 5) is 0. The van der Waals surface area contributed by atoms with Crippen molar-refractivity contribution in [2.75, 3.05) is 18.9 Å². The van der Waals surface area contributed by atoms with Crippen LogP contribution >= 0.6 is 0 Å². The Kier molecular flexibility index (Phi) is 4.64. The molecule has 2 atom stereocenters. The summed E-state index contributed by atoms with van der Waals surface area (Å²) in [5.74, 6) is 1.85. The van der Waals surface area contributed by atoms with Crippen molar-refractivity contribution in [1.82, 2.24) is 5.32 Å². The van der Waals surface area contributed by atoms with Gasteiger partial charge < -0.3 is 14.5 Å². The number of benzene rings is 1. The summed E-state index contributed by atoms with van der Waals surface area (Å²) in [7, 11) is -2.92. The molecule has 3 rings (SSSR count). The van der Waals surface area contributed by atoms with Gasteiger partial charge in [-0.1, -0.05) is 12.1 Å². The Balaban J connectivity index is 1.73. The Morgan fingerprint density at radius 2 is 2.26 bits per heavy atom. The molecule has 2 heterocycles. The normalized spacial score (nSPS) is 21.6. The Hall–Kier alpha value is -1.53. The van der Waals surface area contributed by atoms with Gasteiger partial charge in [-0.25, -0.2) is 8.42 Å². The number of fused-ring (bicyclic) bond motifs is 1. The molecule has 2 unspecified atom stereocenters. The van der Waals surface area contributed by atoms with E-state index >= 15 is 0 Å². The zero-order chi connectivity index (χ0) is 16.4. The fraction of sp³-hybridized carbons (Fsp3) is 0.529. The van der Waals surface area contributed by atoms with Crippen molar-refractivity contribution in [3.8, 4) is 5.75 Å². The number of hydrogen-bond donors (Lipinski definition) is 1. The average Bonchev–Trinajstić information content (AvgIpc) is 3.09. The zero-order valence-corrected chi connectivity index (χ0v) is 14.4. The lowest BCUT2D eigenvalue weighted by Gasteiger charge is -2.15. The van der Waals surface area contributed by atoms with Crippen LogP contribution in [0.4, 0.5) is 0 Å². The van der Waals surface area contributed by atoms with Crippen LogP contribution in [-0.2, 0) is 9.84 Å². The summed E-state index contributed by atoms with van der Waals surface area (Å²) >= 11 is 0. The molecule has 1 aromatic carbocycles. The second-order valence-corrected chi connectivity index (χ2v) is 8.42. The minimum absolute atomic E-state index is 0.0484. The first-order valence-corrected chi connectivity index (χ1v) is 9.83. The summed E-state index contributed by atoms with van der Waals surface area (Å²) in [6.07, 6.45) is 1.52. The molecular formula is C17H23NO4S. The second kappa shape index (κ2) is 6.53. The zero-order valence-electron chi connectivity index (χ0n) is 13.5. The van der Waals surface area contributed by atoms with Crippen LogP contribution in [0.25, 0.3) is 11.0 Å². The summed E-state index contributed by atoms with van der Waals surface area (Å²) in [5, 5.41) is 4.02. The Morgan fingerprint density at radius 3 is 2.96 bits per heavy atom. The molecular weight excluding hydrogens is 314 g/mol. The van der Waals surface area contributed by atoms with Gasteiger partial charge in [-0.15, -0.1) is 0 Å². The van der Waals surface area contributed by atoms with Crippen LogP contribution in [0.15, 0.2) is 28.7 Å². The van der Waals surface area contributed by atoms with Crippen LogP contribution in [0.5, 0.6) is 5.75 Å². The highest BCUT2D eigenvalue weighted by Gasteiger charge is 2.31. The van der Waals surface area contributed by atoms with Crippen molar-refractivity contribution in [3.05, 3.63) is 30.0 Å². The maximum Gasteiger partial charge on any atom is 0.176 e. The molecule has 126 valence electrons. The summed E-state index contributed by atoms with van der Waals surface area (Å²) in [6, 6.07) is 7.75. The van der Waals surface area contributed by atoms with Gasteiger partial charge in [0.1, 0.15) is 5.76 Å². The third-order valence-corrected chi connectivity index (χ3v) is 6.64. The molecule has 0 spiro atoms. The SMILES string of the molecule is CCOc1cccc2cc(C(C)NCC3CCCS3(=O)=O)oc12. The van der Waals surface area contributed by atoms with Crippen LogP contribution in [0.3, 0.4) is 0 Å². The molecule has 1 fully saturated rings. The van der Waals surface area contributed by atoms with Gasteiger partial charge in [0.15, 0.2) is 21.2 Å². The van der Waals surface area contributed by atoms with Gasteiger partial charge in [0.2, 0.25) is 0 Å². The first-order valence-electron chi connectivity index (χ1n) is 8.11. The highest BCUT2D eigenvalue weighted by Crippen LogP contribution is 2.31. The highest BCUT2D eigenvalue weighted by molar-refractivity contribution is 7.92. The predicted molar refractivity (Wildman–Crippen MR) is 90.6 cm³/mol. The van der Waals surface area contributed by atoms with Gasteiger partial charge in [0, 0.05) is 11.9 Å². The van der Waals surface area contributed by atoms with Gasteiger partial charge in [-0.2, -0.15) is 0 Å². The monoisotopic (exact) mass is 337 g/mol. The summed E-state index contributed by atoms with van der Waals surface area (Å²) < 4.78 is 35.3. The third-order valence-electron chi connectivity index (χ3n) is 4.37. The largest absolute Gasteiger partial charge is 0.490 e. The summed E-state index contributed by atoms with van der Waals surface area (Å²) in [6.45, 7) is 4.98. The molecule has 1 aromatic heterocycles. The van der Waals surface area contributed by atoms with E-state index in [-0.39, 0.29) is 11.3 Å². The standard InChI is InChI=1S/C17H23NO4S/c1-3-21-15-8-4-6-13-10-16(22-17(13)15)12(2)18-11-14-7-5-9-23(14,19)20/h4,6,8,10,12,14,18H,3,5,7,9,11H2,1-2H3. The quantitative estimate of drug-likeness (QED) is 0.877. The van der Waals surface area contributed by atoms with Crippen LogP contribution < -0.4 is 10.1 Å². The minimum Gasteiger partial charge on any atom is -0.490 e. The highest BCUT2D eigenvalue weighted by atomic mass is 32.2. The first kappa shape index (κ1) is 16.3. The van der Waals surface area contributed by atoms with Crippen molar-refractivity contribution in [3.63, 3.8) is 0 Å². The third kappa shape index (κ3) is 3.38. The molecule has 0 bridgehead atoms. The first-order chi connectivity index (χ1) is 11.0. The Morgan fingerprint density at radius 1 is 1.43 bits per heavy atom. The Bertz CT molecular complexity index is 781. The van der Waals surface area contributed by atoms with Crippen LogP contribution in [0, 0.1) is 0 Å². The predicted octanol–water partition coefficient (Wildman–Crippen LogP) is 3.06. The molecule has 1 aliphatic heterocycles. The van der Waals surface area contributed by atoms with E-state index in [1.165, 1.54) is 0 Å². The van der Waals surface area contributed by atoms with Crippen LogP contribution in [-0.4, -0.2) is 32.6 Å². The molecule has 2 aromatic rings. The molecule has 23 heavy (non-hydrogen) atoms. The van der Waals surface area contributed by atoms with E-state index in [0.717, 1.165) is 35.3 Å². The number of ether oxygens (including phenoxy) is 1. The topological polar surface area (TPSA) is 68.5 Å². The molecule has 0 amide bonds.